The smallest absolute Gasteiger partial charge is 0.227 e. The molecule has 4 heterocycles. The van der Waals surface area contributed by atoms with Crippen molar-refractivity contribution in [2.75, 3.05) is 0 Å². The Morgan fingerprint density at radius 3 is 1.70 bits per heavy atom. The van der Waals surface area contributed by atoms with Crippen LogP contribution in [0.3, 0.4) is 0 Å². The van der Waals surface area contributed by atoms with Crippen molar-refractivity contribution in [1.29, 1.82) is 0 Å². The molecular weight excluding hydrogens is 584 g/mol. The fraction of sp³-hybridized carbons (Fsp3) is 0. The van der Waals surface area contributed by atoms with Crippen molar-refractivity contribution in [3.63, 3.8) is 0 Å². The molecule has 7 heteroatoms. The van der Waals surface area contributed by atoms with E-state index in [1.54, 1.807) is 0 Å². The first kappa shape index (κ1) is 25.7. The molecule has 7 nitrogen and oxygen atoms in total. The Kier molecular flexibility index (Phi) is 5.44. The fourth-order valence-corrected chi connectivity index (χ4v) is 6.47. The van der Waals surface area contributed by atoms with Crippen LogP contribution in [-0.4, -0.2) is 19.9 Å². The lowest BCUT2D eigenvalue weighted by molar-refractivity contribution is 0.622. The maximum atomic E-state index is 6.46. The van der Waals surface area contributed by atoms with Crippen molar-refractivity contribution >= 4 is 55.0 Å². The Bertz CT molecular complexity index is 2800. The van der Waals surface area contributed by atoms with Gasteiger partial charge in [-0.25, -0.2) is 19.9 Å². The molecule has 0 spiro atoms. The Balaban J connectivity index is 1.27. The van der Waals surface area contributed by atoms with Gasteiger partial charge in [0, 0.05) is 38.4 Å². The number of nitrogens with zero attached hydrogens (tertiary/aromatic N) is 4. The molecule has 4 aromatic heterocycles. The summed E-state index contributed by atoms with van der Waals surface area (Å²) in [5.74, 6) is 2.18. The average Bonchev–Trinajstić information content (AvgIpc) is 3.85. The number of para-hydroxylation sites is 1. The van der Waals surface area contributed by atoms with Crippen molar-refractivity contribution in [3.05, 3.63) is 133 Å². The van der Waals surface area contributed by atoms with Gasteiger partial charge in [0.2, 0.25) is 5.89 Å². The molecule has 0 radical (unpaired) electrons. The molecule has 0 aliphatic rings. The molecular formula is C40H22N4O3. The third kappa shape index (κ3) is 4.00. The van der Waals surface area contributed by atoms with E-state index in [-0.39, 0.29) is 0 Å². The summed E-state index contributed by atoms with van der Waals surface area (Å²) in [7, 11) is 0. The molecule has 10 rings (SSSR count). The quantitative estimate of drug-likeness (QED) is 0.197. The standard InChI is InChI=1S/C40H22N4O3/c1-3-11-23(12-4-1)37-42-38(26-16-9-19-30-33(26)25-15-7-8-18-29(25)45-30)44-39(43-37)27-17-10-20-31-34(27)35-32(46-31)22-21-28-36(35)47-40(41-28)24-13-5-2-6-14-24/h1-22H. The highest BCUT2D eigenvalue weighted by molar-refractivity contribution is 6.20. The van der Waals surface area contributed by atoms with Crippen molar-refractivity contribution in [1.82, 2.24) is 19.9 Å². The van der Waals surface area contributed by atoms with Crippen molar-refractivity contribution < 1.29 is 13.3 Å². The van der Waals surface area contributed by atoms with E-state index in [1.165, 1.54) is 0 Å². The van der Waals surface area contributed by atoms with Crippen LogP contribution in [0.1, 0.15) is 0 Å². The summed E-state index contributed by atoms with van der Waals surface area (Å²) in [4.78, 5) is 20.1. The summed E-state index contributed by atoms with van der Waals surface area (Å²) in [6, 6.07) is 43.7. The molecule has 0 fully saturated rings. The molecule has 0 aliphatic carbocycles. The van der Waals surface area contributed by atoms with Crippen molar-refractivity contribution in [2.24, 2.45) is 0 Å². The first-order valence-electron chi connectivity index (χ1n) is 15.3. The van der Waals surface area contributed by atoms with E-state index in [1.807, 2.05) is 127 Å². The second-order valence-electron chi connectivity index (χ2n) is 11.4. The SMILES string of the molecule is c1ccc(-c2nc(-c3cccc4oc5ccccc5c34)nc(-c3cccc4oc5ccc6nc(-c7ccccc7)oc6c5c34)n2)cc1. The minimum Gasteiger partial charge on any atom is -0.456 e. The van der Waals surface area contributed by atoms with E-state index >= 15 is 0 Å². The van der Waals surface area contributed by atoms with Crippen LogP contribution in [-0.2, 0) is 0 Å². The van der Waals surface area contributed by atoms with Crippen molar-refractivity contribution in [3.8, 4) is 45.6 Å². The van der Waals surface area contributed by atoms with Gasteiger partial charge in [0.25, 0.3) is 0 Å². The van der Waals surface area contributed by atoms with Gasteiger partial charge in [-0.1, -0.05) is 91.0 Å². The molecule has 6 aromatic carbocycles. The maximum absolute atomic E-state index is 6.46. The molecule has 0 unspecified atom stereocenters. The highest BCUT2D eigenvalue weighted by Gasteiger charge is 2.22. The molecule has 220 valence electrons. The zero-order chi connectivity index (χ0) is 30.9. The normalized spacial score (nSPS) is 11.8. The van der Waals surface area contributed by atoms with Gasteiger partial charge in [0.05, 0.1) is 5.39 Å². The van der Waals surface area contributed by atoms with Crippen LogP contribution in [0.2, 0.25) is 0 Å². The monoisotopic (exact) mass is 606 g/mol. The number of rotatable bonds is 4. The van der Waals surface area contributed by atoms with E-state index in [4.69, 9.17) is 33.2 Å². The van der Waals surface area contributed by atoms with Gasteiger partial charge >= 0.3 is 0 Å². The van der Waals surface area contributed by atoms with Crippen LogP contribution >= 0.6 is 0 Å². The third-order valence-corrected chi connectivity index (χ3v) is 8.59. The van der Waals surface area contributed by atoms with Gasteiger partial charge in [-0.3, -0.25) is 0 Å². The average molecular weight is 607 g/mol. The van der Waals surface area contributed by atoms with Crippen LogP contribution in [0, 0.1) is 0 Å². The second kappa shape index (κ2) is 9.95. The van der Waals surface area contributed by atoms with Crippen LogP contribution < -0.4 is 0 Å². The molecule has 0 atom stereocenters. The summed E-state index contributed by atoms with van der Waals surface area (Å²) in [5, 5.41) is 3.65. The number of aromatic nitrogens is 4. The molecule has 47 heavy (non-hydrogen) atoms. The number of hydrogen-bond donors (Lipinski definition) is 0. The molecule has 0 N–H and O–H groups in total. The van der Waals surface area contributed by atoms with Crippen LogP contribution in [0.4, 0.5) is 0 Å². The summed E-state index contributed by atoms with van der Waals surface area (Å²) >= 11 is 0. The summed E-state index contributed by atoms with van der Waals surface area (Å²) in [5.41, 5.74) is 7.84. The summed E-state index contributed by atoms with van der Waals surface area (Å²) in [6.07, 6.45) is 0. The molecule has 0 aliphatic heterocycles. The highest BCUT2D eigenvalue weighted by Crippen LogP contribution is 2.42. The number of fused-ring (bicyclic) bond motifs is 8. The first-order chi connectivity index (χ1) is 23.3. The van der Waals surface area contributed by atoms with Gasteiger partial charge in [0.15, 0.2) is 23.1 Å². The molecule has 0 amide bonds. The van der Waals surface area contributed by atoms with E-state index in [9.17, 15) is 0 Å². The third-order valence-electron chi connectivity index (χ3n) is 8.59. The lowest BCUT2D eigenvalue weighted by Gasteiger charge is -2.10. The van der Waals surface area contributed by atoms with Crippen molar-refractivity contribution in [2.45, 2.75) is 0 Å². The van der Waals surface area contributed by atoms with Crippen LogP contribution in [0.15, 0.2) is 147 Å². The van der Waals surface area contributed by atoms with Gasteiger partial charge in [-0.15, -0.1) is 0 Å². The predicted molar refractivity (Wildman–Crippen MR) is 184 cm³/mol. The lowest BCUT2D eigenvalue weighted by atomic mass is 10.0. The largest absolute Gasteiger partial charge is 0.456 e. The Morgan fingerprint density at radius 1 is 0.362 bits per heavy atom. The number of furan rings is 2. The lowest BCUT2D eigenvalue weighted by Crippen LogP contribution is -2.00. The Labute approximate surface area is 266 Å². The van der Waals surface area contributed by atoms with Crippen LogP contribution in [0.25, 0.3) is 101 Å². The van der Waals surface area contributed by atoms with Gasteiger partial charge in [-0.05, 0) is 42.5 Å². The topological polar surface area (TPSA) is 91.0 Å². The van der Waals surface area contributed by atoms with E-state index in [0.717, 1.165) is 60.5 Å². The number of benzene rings is 6. The van der Waals surface area contributed by atoms with Gasteiger partial charge in [0.1, 0.15) is 27.8 Å². The zero-order valence-electron chi connectivity index (χ0n) is 24.7. The molecule has 10 aromatic rings. The Morgan fingerprint density at radius 2 is 0.936 bits per heavy atom. The molecule has 0 saturated heterocycles. The Hall–Kier alpha value is -6.60. The van der Waals surface area contributed by atoms with E-state index < -0.39 is 0 Å². The highest BCUT2D eigenvalue weighted by atomic mass is 16.4. The summed E-state index contributed by atoms with van der Waals surface area (Å²) < 4.78 is 19.1. The van der Waals surface area contributed by atoms with Gasteiger partial charge < -0.3 is 13.3 Å². The number of oxazole rings is 1. The minimum atomic E-state index is 0.520. The zero-order valence-corrected chi connectivity index (χ0v) is 24.7. The summed E-state index contributed by atoms with van der Waals surface area (Å²) in [6.45, 7) is 0. The first-order valence-corrected chi connectivity index (χ1v) is 15.3. The second-order valence-corrected chi connectivity index (χ2v) is 11.4. The number of hydrogen-bond acceptors (Lipinski definition) is 7. The molecule has 0 bridgehead atoms. The fourth-order valence-electron chi connectivity index (χ4n) is 6.47. The molecule has 0 saturated carbocycles. The van der Waals surface area contributed by atoms with Crippen LogP contribution in [0.5, 0.6) is 0 Å². The maximum Gasteiger partial charge on any atom is 0.227 e. The van der Waals surface area contributed by atoms with E-state index in [2.05, 4.69) is 6.07 Å². The van der Waals surface area contributed by atoms with Gasteiger partial charge in [-0.2, -0.15) is 0 Å². The minimum absolute atomic E-state index is 0.520. The van der Waals surface area contributed by atoms with E-state index in [0.29, 0.717) is 40.1 Å². The predicted octanol–water partition coefficient (Wildman–Crippen LogP) is 10.5.